The molecule has 8 nitrogen and oxygen atoms in total. The van der Waals surface area contributed by atoms with Crippen molar-refractivity contribution in [1.82, 2.24) is 20.1 Å². The van der Waals surface area contributed by atoms with Gasteiger partial charge in [0.05, 0.1) is 17.2 Å². The van der Waals surface area contributed by atoms with Crippen molar-refractivity contribution >= 4 is 23.2 Å². The average Bonchev–Trinajstić information content (AvgIpc) is 3.11. The van der Waals surface area contributed by atoms with Crippen LogP contribution in [-0.2, 0) is 6.54 Å². The molecule has 0 saturated heterocycles. The number of amides is 1. The van der Waals surface area contributed by atoms with Gasteiger partial charge in [0.2, 0.25) is 0 Å². The number of hydrogen-bond donors (Lipinski definition) is 1. The number of hydrogen-bond acceptors (Lipinski definition) is 5. The molecule has 0 aliphatic carbocycles. The Labute approximate surface area is 153 Å². The minimum Gasteiger partial charge on any atom is -0.350 e. The molecular weight excluding hydrogens is 358 g/mol. The fraction of sp³-hybridized carbons (Fsp3) is 0.118. The number of carbonyl (C=O) groups excluding carboxylic acids is 1. The Kier molecular flexibility index (Phi) is 5.23. The van der Waals surface area contributed by atoms with Crippen LogP contribution in [0.3, 0.4) is 0 Å². The number of benzene rings is 1. The first-order chi connectivity index (χ1) is 12.5. The van der Waals surface area contributed by atoms with Crippen molar-refractivity contribution in [3.8, 4) is 11.3 Å². The Balaban J connectivity index is 1.58. The molecule has 0 unspecified atom stereocenters. The van der Waals surface area contributed by atoms with Gasteiger partial charge >= 0.3 is 0 Å². The number of pyridine rings is 1. The summed E-state index contributed by atoms with van der Waals surface area (Å²) in [5.41, 5.74) is 1.65. The van der Waals surface area contributed by atoms with Gasteiger partial charge < -0.3 is 5.32 Å². The third kappa shape index (κ3) is 4.04. The predicted molar refractivity (Wildman–Crippen MR) is 95.9 cm³/mol. The van der Waals surface area contributed by atoms with Crippen molar-refractivity contribution in [2.75, 3.05) is 6.54 Å². The van der Waals surface area contributed by atoms with Crippen LogP contribution in [0.15, 0.2) is 55.0 Å². The zero-order chi connectivity index (χ0) is 18.5. The van der Waals surface area contributed by atoms with Gasteiger partial charge in [-0.3, -0.25) is 24.6 Å². The normalized spacial score (nSPS) is 10.5. The van der Waals surface area contributed by atoms with Gasteiger partial charge in [0.15, 0.2) is 0 Å². The van der Waals surface area contributed by atoms with Crippen molar-refractivity contribution in [2.24, 2.45) is 0 Å². The van der Waals surface area contributed by atoms with Crippen LogP contribution >= 0.6 is 11.6 Å². The van der Waals surface area contributed by atoms with E-state index < -0.39 is 10.8 Å². The lowest BCUT2D eigenvalue weighted by atomic mass is 10.2. The molecule has 0 saturated carbocycles. The molecule has 0 aliphatic rings. The van der Waals surface area contributed by atoms with Crippen LogP contribution < -0.4 is 5.32 Å². The first-order valence-electron chi connectivity index (χ1n) is 7.70. The molecule has 132 valence electrons. The molecule has 0 radical (unpaired) electrons. The number of aromatic nitrogens is 3. The molecule has 0 fully saturated rings. The highest BCUT2D eigenvalue weighted by Gasteiger charge is 2.16. The highest BCUT2D eigenvalue weighted by Crippen LogP contribution is 2.25. The van der Waals surface area contributed by atoms with E-state index in [0.29, 0.717) is 13.1 Å². The zero-order valence-electron chi connectivity index (χ0n) is 13.5. The molecule has 26 heavy (non-hydrogen) atoms. The summed E-state index contributed by atoms with van der Waals surface area (Å²) in [6.07, 6.45) is 5.20. The molecule has 1 aromatic carbocycles. The van der Waals surface area contributed by atoms with Crippen LogP contribution in [0.2, 0.25) is 5.02 Å². The number of nitrogens with one attached hydrogen (secondary N) is 1. The number of nitro benzene ring substituents is 1. The molecule has 0 spiro atoms. The van der Waals surface area contributed by atoms with Gasteiger partial charge in [-0.2, -0.15) is 5.10 Å². The van der Waals surface area contributed by atoms with Gasteiger partial charge in [-0.1, -0.05) is 11.6 Å². The molecule has 2 heterocycles. The van der Waals surface area contributed by atoms with E-state index in [0.717, 1.165) is 17.3 Å². The Morgan fingerprint density at radius 3 is 2.73 bits per heavy atom. The van der Waals surface area contributed by atoms with Gasteiger partial charge in [-0.15, -0.1) is 0 Å². The smallest absolute Gasteiger partial charge is 0.288 e. The van der Waals surface area contributed by atoms with E-state index in [1.807, 2.05) is 24.4 Å². The Morgan fingerprint density at radius 2 is 2.00 bits per heavy atom. The second kappa shape index (κ2) is 7.75. The van der Waals surface area contributed by atoms with Crippen molar-refractivity contribution in [3.63, 3.8) is 0 Å². The first-order valence-corrected chi connectivity index (χ1v) is 8.08. The van der Waals surface area contributed by atoms with E-state index in [1.165, 1.54) is 12.1 Å². The monoisotopic (exact) mass is 371 g/mol. The number of nitro groups is 1. The zero-order valence-corrected chi connectivity index (χ0v) is 14.3. The quantitative estimate of drug-likeness (QED) is 0.530. The van der Waals surface area contributed by atoms with Crippen LogP contribution in [0.5, 0.6) is 0 Å². The lowest BCUT2D eigenvalue weighted by Gasteiger charge is -2.06. The minimum absolute atomic E-state index is 0.00766. The number of nitrogens with zero attached hydrogens (tertiary/aromatic N) is 4. The Hall–Kier alpha value is -3.26. The minimum atomic E-state index is -0.622. The molecule has 3 rings (SSSR count). The second-order valence-electron chi connectivity index (χ2n) is 5.38. The number of carbonyl (C=O) groups is 1. The van der Waals surface area contributed by atoms with Gasteiger partial charge in [0.25, 0.3) is 11.6 Å². The summed E-state index contributed by atoms with van der Waals surface area (Å²) in [4.78, 5) is 26.4. The summed E-state index contributed by atoms with van der Waals surface area (Å²) in [6.45, 7) is 0.791. The lowest BCUT2D eigenvalue weighted by Crippen LogP contribution is -2.27. The fourth-order valence-corrected chi connectivity index (χ4v) is 2.53. The summed E-state index contributed by atoms with van der Waals surface area (Å²) in [7, 11) is 0. The van der Waals surface area contributed by atoms with Crippen molar-refractivity contribution in [1.29, 1.82) is 0 Å². The fourth-order valence-electron chi connectivity index (χ4n) is 2.34. The summed E-state index contributed by atoms with van der Waals surface area (Å²) in [6, 6.07) is 9.54. The molecule has 0 atom stereocenters. The van der Waals surface area contributed by atoms with E-state index in [2.05, 4.69) is 15.4 Å². The maximum absolute atomic E-state index is 12.1. The highest BCUT2D eigenvalue weighted by molar-refractivity contribution is 6.32. The average molecular weight is 372 g/mol. The van der Waals surface area contributed by atoms with Gasteiger partial charge in [-0.05, 0) is 30.3 Å². The standard InChI is InChI=1S/C17H14ClN5O3/c18-14-2-1-13(11-16(14)23(25)26)17(24)20-8-10-22-9-5-15(21-22)12-3-6-19-7-4-12/h1-7,9,11H,8,10H2,(H,20,24). The number of halogens is 1. The van der Waals surface area contributed by atoms with Crippen LogP contribution in [0.25, 0.3) is 11.3 Å². The van der Waals surface area contributed by atoms with Crippen molar-refractivity contribution in [3.05, 3.63) is 75.7 Å². The molecule has 9 heteroatoms. The summed E-state index contributed by atoms with van der Waals surface area (Å²) >= 11 is 5.74. The topological polar surface area (TPSA) is 103 Å². The molecule has 2 aromatic heterocycles. The Morgan fingerprint density at radius 1 is 1.23 bits per heavy atom. The van der Waals surface area contributed by atoms with Gasteiger partial charge in [0, 0.05) is 42.3 Å². The largest absolute Gasteiger partial charge is 0.350 e. The van der Waals surface area contributed by atoms with Gasteiger partial charge in [-0.25, -0.2) is 0 Å². The summed E-state index contributed by atoms with van der Waals surface area (Å²) < 4.78 is 1.71. The molecule has 3 aromatic rings. The van der Waals surface area contributed by atoms with E-state index in [-0.39, 0.29) is 16.3 Å². The van der Waals surface area contributed by atoms with E-state index >= 15 is 0 Å². The van der Waals surface area contributed by atoms with Crippen LogP contribution in [0.4, 0.5) is 5.69 Å². The SMILES string of the molecule is O=C(NCCn1ccc(-c2ccncc2)n1)c1ccc(Cl)c([N+](=O)[O-])c1. The second-order valence-corrected chi connectivity index (χ2v) is 5.79. The van der Waals surface area contributed by atoms with Crippen molar-refractivity contribution < 1.29 is 9.72 Å². The maximum Gasteiger partial charge on any atom is 0.288 e. The third-order valence-electron chi connectivity index (χ3n) is 3.65. The Bertz CT molecular complexity index is 943. The van der Waals surface area contributed by atoms with Gasteiger partial charge in [0.1, 0.15) is 5.02 Å². The van der Waals surface area contributed by atoms with Crippen molar-refractivity contribution in [2.45, 2.75) is 6.54 Å². The van der Waals surface area contributed by atoms with Crippen LogP contribution in [-0.4, -0.2) is 32.1 Å². The van der Waals surface area contributed by atoms with Crippen LogP contribution in [0, 0.1) is 10.1 Å². The highest BCUT2D eigenvalue weighted by atomic mass is 35.5. The lowest BCUT2D eigenvalue weighted by molar-refractivity contribution is -0.384. The molecule has 0 bridgehead atoms. The van der Waals surface area contributed by atoms with E-state index in [4.69, 9.17) is 11.6 Å². The molecular formula is C17H14ClN5O3. The summed E-state index contributed by atoms with van der Waals surface area (Å²) in [5, 5.41) is 18.0. The molecule has 0 aliphatic heterocycles. The third-order valence-corrected chi connectivity index (χ3v) is 3.97. The molecule has 1 N–H and O–H groups in total. The summed E-state index contributed by atoms with van der Waals surface area (Å²) in [5.74, 6) is -0.411. The maximum atomic E-state index is 12.1. The first kappa shape index (κ1) is 17.6. The molecule has 1 amide bonds. The predicted octanol–water partition coefficient (Wildman–Crippen LogP) is 2.94. The van der Waals surface area contributed by atoms with E-state index in [9.17, 15) is 14.9 Å². The van der Waals surface area contributed by atoms with E-state index in [1.54, 1.807) is 17.1 Å². The van der Waals surface area contributed by atoms with Crippen LogP contribution in [0.1, 0.15) is 10.4 Å². The number of rotatable bonds is 6.